The Morgan fingerprint density at radius 1 is 1.53 bits per heavy atom. The van der Waals surface area contributed by atoms with Crippen LogP contribution in [0.1, 0.15) is 38.2 Å². The van der Waals surface area contributed by atoms with Gasteiger partial charge in [-0.1, -0.05) is 13.3 Å². The molecule has 2 nitrogen and oxygen atoms in total. The van der Waals surface area contributed by atoms with Crippen LogP contribution in [0, 0.1) is 6.92 Å². The van der Waals surface area contributed by atoms with Crippen LogP contribution in [-0.4, -0.2) is 10.5 Å². The Balaban J connectivity index is 2.14. The van der Waals surface area contributed by atoms with E-state index in [0.717, 1.165) is 10.3 Å². The Morgan fingerprint density at radius 3 is 2.87 bits per heavy atom. The van der Waals surface area contributed by atoms with E-state index in [-0.39, 0.29) is 0 Å². The summed E-state index contributed by atoms with van der Waals surface area (Å²) in [7, 11) is 0. The van der Waals surface area contributed by atoms with Crippen molar-refractivity contribution in [1.29, 1.82) is 0 Å². The zero-order valence-corrected chi connectivity index (χ0v) is 10.9. The van der Waals surface area contributed by atoms with Gasteiger partial charge in [-0.05, 0) is 53.7 Å². The van der Waals surface area contributed by atoms with Crippen LogP contribution < -0.4 is 5.32 Å². The number of aromatic nitrogens is 1. The maximum absolute atomic E-state index is 4.39. The fourth-order valence-electron chi connectivity index (χ4n) is 1.95. The van der Waals surface area contributed by atoms with Gasteiger partial charge in [0.15, 0.2) is 0 Å². The molecular weight excluding hydrogens is 252 g/mol. The highest BCUT2D eigenvalue weighted by Crippen LogP contribution is 2.43. The minimum absolute atomic E-state index is 0.345. The maximum Gasteiger partial charge on any atom is 0.140 e. The molecular formula is C12H17BrN2. The lowest BCUT2D eigenvalue weighted by Gasteiger charge is -2.18. The number of hydrogen-bond donors (Lipinski definition) is 1. The number of halogens is 1. The van der Waals surface area contributed by atoms with Gasteiger partial charge in [-0.2, -0.15) is 0 Å². The number of pyridine rings is 1. The number of nitrogens with zero attached hydrogens (tertiary/aromatic N) is 1. The van der Waals surface area contributed by atoms with Crippen molar-refractivity contribution in [3.8, 4) is 0 Å². The molecule has 1 aliphatic rings. The summed E-state index contributed by atoms with van der Waals surface area (Å²) in [4.78, 5) is 4.39. The maximum atomic E-state index is 4.39. The van der Waals surface area contributed by atoms with Crippen molar-refractivity contribution in [1.82, 2.24) is 4.98 Å². The number of rotatable bonds is 4. The number of nitrogens with one attached hydrogen (secondary N) is 1. The number of anilines is 1. The molecule has 0 radical (unpaired) electrons. The molecule has 1 aromatic heterocycles. The Morgan fingerprint density at radius 2 is 2.27 bits per heavy atom. The van der Waals surface area contributed by atoms with E-state index in [2.05, 4.69) is 40.1 Å². The summed E-state index contributed by atoms with van der Waals surface area (Å²) in [5, 5.41) is 3.58. The predicted molar refractivity (Wildman–Crippen MR) is 67.2 cm³/mol. The van der Waals surface area contributed by atoms with Crippen molar-refractivity contribution in [2.24, 2.45) is 0 Å². The molecule has 15 heavy (non-hydrogen) atoms. The van der Waals surface area contributed by atoms with E-state index in [9.17, 15) is 0 Å². The summed E-state index contributed by atoms with van der Waals surface area (Å²) >= 11 is 3.59. The molecule has 0 amide bonds. The first kappa shape index (κ1) is 10.9. The third-order valence-electron chi connectivity index (χ3n) is 3.05. The molecule has 3 heteroatoms. The van der Waals surface area contributed by atoms with Gasteiger partial charge in [0.05, 0.1) is 4.47 Å². The molecule has 0 aromatic carbocycles. The van der Waals surface area contributed by atoms with Crippen molar-refractivity contribution < 1.29 is 0 Å². The summed E-state index contributed by atoms with van der Waals surface area (Å²) in [5.41, 5.74) is 1.58. The first-order valence-corrected chi connectivity index (χ1v) is 6.35. The number of aryl methyl sites for hydroxylation is 1. The van der Waals surface area contributed by atoms with Crippen LogP contribution >= 0.6 is 15.9 Å². The third-order valence-corrected chi connectivity index (χ3v) is 4.05. The van der Waals surface area contributed by atoms with E-state index < -0.39 is 0 Å². The largest absolute Gasteiger partial charge is 0.364 e. The van der Waals surface area contributed by atoms with Gasteiger partial charge in [-0.15, -0.1) is 0 Å². The molecule has 1 heterocycles. The standard InChI is InChI=1S/C12H17BrN2/c1-3-5-12(6-7-12)15-11-10(13)9(2)4-8-14-11/h4,8H,3,5-7H2,1-2H3,(H,14,15). The van der Waals surface area contributed by atoms with Gasteiger partial charge in [0.1, 0.15) is 5.82 Å². The van der Waals surface area contributed by atoms with Crippen molar-refractivity contribution in [2.75, 3.05) is 5.32 Å². The summed E-state index contributed by atoms with van der Waals surface area (Å²) < 4.78 is 1.10. The monoisotopic (exact) mass is 268 g/mol. The zero-order valence-electron chi connectivity index (χ0n) is 9.31. The van der Waals surface area contributed by atoms with E-state index >= 15 is 0 Å². The van der Waals surface area contributed by atoms with Crippen LogP contribution in [0.4, 0.5) is 5.82 Å². The van der Waals surface area contributed by atoms with Gasteiger partial charge < -0.3 is 5.32 Å². The number of hydrogen-bond acceptors (Lipinski definition) is 2. The highest BCUT2D eigenvalue weighted by molar-refractivity contribution is 9.10. The molecule has 0 bridgehead atoms. The van der Waals surface area contributed by atoms with Crippen LogP contribution in [-0.2, 0) is 0 Å². The second kappa shape index (κ2) is 4.12. The minimum Gasteiger partial charge on any atom is -0.364 e. The lowest BCUT2D eigenvalue weighted by Crippen LogP contribution is -2.21. The molecule has 1 aromatic rings. The second-order valence-electron chi connectivity index (χ2n) is 4.45. The Labute approximate surface area is 99.6 Å². The predicted octanol–water partition coefficient (Wildman–Crippen LogP) is 3.90. The zero-order chi connectivity index (χ0) is 10.9. The van der Waals surface area contributed by atoms with Crippen LogP contribution in [0.15, 0.2) is 16.7 Å². The first-order chi connectivity index (χ1) is 7.17. The van der Waals surface area contributed by atoms with Gasteiger partial charge in [0, 0.05) is 11.7 Å². The topological polar surface area (TPSA) is 24.9 Å². The smallest absolute Gasteiger partial charge is 0.140 e. The highest BCUT2D eigenvalue weighted by atomic mass is 79.9. The minimum atomic E-state index is 0.345. The summed E-state index contributed by atoms with van der Waals surface area (Å²) in [6, 6.07) is 2.02. The van der Waals surface area contributed by atoms with Crippen LogP contribution in [0.3, 0.4) is 0 Å². The van der Waals surface area contributed by atoms with Gasteiger partial charge >= 0.3 is 0 Å². The summed E-state index contributed by atoms with van der Waals surface area (Å²) in [6.07, 6.45) is 6.90. The van der Waals surface area contributed by atoms with E-state index in [4.69, 9.17) is 0 Å². The van der Waals surface area contributed by atoms with Crippen molar-refractivity contribution in [3.05, 3.63) is 22.3 Å². The second-order valence-corrected chi connectivity index (χ2v) is 5.24. The Bertz CT molecular complexity index is 359. The normalized spacial score (nSPS) is 17.5. The lowest BCUT2D eigenvalue weighted by molar-refractivity contribution is 0.636. The quantitative estimate of drug-likeness (QED) is 0.896. The average Bonchev–Trinajstić information content (AvgIpc) is 2.94. The van der Waals surface area contributed by atoms with E-state index in [0.29, 0.717) is 5.54 Å². The van der Waals surface area contributed by atoms with E-state index in [1.165, 1.54) is 31.2 Å². The molecule has 0 unspecified atom stereocenters. The van der Waals surface area contributed by atoms with Gasteiger partial charge in [0.2, 0.25) is 0 Å². The molecule has 0 aliphatic heterocycles. The van der Waals surface area contributed by atoms with Crippen LogP contribution in [0.25, 0.3) is 0 Å². The third kappa shape index (κ3) is 2.33. The van der Waals surface area contributed by atoms with E-state index in [1.54, 1.807) is 0 Å². The first-order valence-electron chi connectivity index (χ1n) is 5.56. The van der Waals surface area contributed by atoms with Crippen molar-refractivity contribution >= 4 is 21.7 Å². The van der Waals surface area contributed by atoms with Crippen molar-refractivity contribution in [3.63, 3.8) is 0 Å². The van der Waals surface area contributed by atoms with Crippen LogP contribution in [0.5, 0.6) is 0 Å². The van der Waals surface area contributed by atoms with Gasteiger partial charge in [-0.3, -0.25) is 0 Å². The molecule has 1 fully saturated rings. The molecule has 1 saturated carbocycles. The van der Waals surface area contributed by atoms with Gasteiger partial charge in [-0.25, -0.2) is 4.98 Å². The highest BCUT2D eigenvalue weighted by Gasteiger charge is 2.42. The molecule has 0 saturated heterocycles. The fourth-order valence-corrected chi connectivity index (χ4v) is 2.28. The molecule has 82 valence electrons. The SMILES string of the molecule is CCCC1(Nc2nccc(C)c2Br)CC1. The molecule has 0 atom stereocenters. The fraction of sp³-hybridized carbons (Fsp3) is 0.583. The Hall–Kier alpha value is -0.570. The summed E-state index contributed by atoms with van der Waals surface area (Å²) in [6.45, 7) is 4.33. The van der Waals surface area contributed by atoms with E-state index in [1.807, 2.05) is 12.3 Å². The van der Waals surface area contributed by atoms with Crippen LogP contribution in [0.2, 0.25) is 0 Å². The Kier molecular flexibility index (Phi) is 3.01. The molecule has 0 spiro atoms. The van der Waals surface area contributed by atoms with Gasteiger partial charge in [0.25, 0.3) is 0 Å². The summed E-state index contributed by atoms with van der Waals surface area (Å²) in [5.74, 6) is 1.00. The average molecular weight is 269 g/mol. The van der Waals surface area contributed by atoms with Crippen molar-refractivity contribution in [2.45, 2.75) is 45.1 Å². The molecule has 1 aliphatic carbocycles. The molecule has 2 rings (SSSR count). The lowest BCUT2D eigenvalue weighted by atomic mass is 10.1. The molecule has 1 N–H and O–H groups in total.